The van der Waals surface area contributed by atoms with E-state index in [0.717, 1.165) is 0 Å². The lowest BCUT2D eigenvalue weighted by molar-refractivity contribution is 0.208. The number of ether oxygens (including phenoxy) is 1. The Hall–Kier alpha value is -0.613. The summed E-state index contributed by atoms with van der Waals surface area (Å²) in [6, 6.07) is -0.0952. The Balaban J connectivity index is 2.07. The number of thioether (sulfide) groups is 1. The van der Waals surface area contributed by atoms with Gasteiger partial charge in [0.25, 0.3) is 0 Å². The minimum atomic E-state index is -1.94. The molecule has 1 aromatic heterocycles. The molecule has 1 atom stereocenters. The van der Waals surface area contributed by atoms with Crippen LogP contribution in [-0.2, 0) is 4.43 Å². The summed E-state index contributed by atoms with van der Waals surface area (Å²) < 4.78 is 27.6. The Morgan fingerprint density at radius 1 is 1.38 bits per heavy atom. The van der Waals surface area contributed by atoms with Gasteiger partial charge in [0.2, 0.25) is 0 Å². The van der Waals surface area contributed by atoms with Crippen molar-refractivity contribution in [2.45, 2.75) is 50.1 Å². The van der Waals surface area contributed by atoms with Crippen LogP contribution in [0.5, 0.6) is 5.75 Å². The maximum absolute atomic E-state index is 15.0. The average Bonchev–Trinajstić information content (AvgIpc) is 2.79. The van der Waals surface area contributed by atoms with Gasteiger partial charge in [0.15, 0.2) is 25.0 Å². The molecule has 0 spiro atoms. The largest absolute Gasteiger partial charge is 0.489 e. The molecule has 0 aliphatic carbocycles. The smallest absolute Gasteiger partial charge is 0.192 e. The first-order valence-electron chi connectivity index (χ1n) is 9.30. The molecule has 1 aliphatic heterocycles. The van der Waals surface area contributed by atoms with Crippen LogP contribution in [0.4, 0.5) is 10.2 Å². The third-order valence-electron chi connectivity index (χ3n) is 5.82. The summed E-state index contributed by atoms with van der Waals surface area (Å²) in [5.74, 6) is 0.490. The normalized spacial score (nSPS) is 17.4. The number of hydrogen-bond donors (Lipinski definition) is 0. The highest BCUT2D eigenvalue weighted by Gasteiger charge is 2.39. The minimum absolute atomic E-state index is 0.0952. The molecule has 29 heavy (non-hydrogen) atoms. The van der Waals surface area contributed by atoms with Gasteiger partial charge in [-0.15, -0.1) is 0 Å². The van der Waals surface area contributed by atoms with Crippen molar-refractivity contribution in [3.05, 3.63) is 15.3 Å². The Labute approximate surface area is 190 Å². The van der Waals surface area contributed by atoms with Crippen molar-refractivity contribution in [1.82, 2.24) is 9.97 Å². The maximum atomic E-state index is 15.0. The van der Waals surface area contributed by atoms with Crippen LogP contribution in [0.1, 0.15) is 20.8 Å². The van der Waals surface area contributed by atoms with Crippen molar-refractivity contribution in [2.75, 3.05) is 31.4 Å². The summed E-state index contributed by atoms with van der Waals surface area (Å²) >= 11 is 11.0. The van der Waals surface area contributed by atoms with E-state index in [-0.39, 0.29) is 26.1 Å². The van der Waals surface area contributed by atoms with E-state index < -0.39 is 14.1 Å². The van der Waals surface area contributed by atoms with Gasteiger partial charge in [-0.05, 0) is 40.3 Å². The third-order valence-corrected chi connectivity index (χ3v) is 12.2. The van der Waals surface area contributed by atoms with E-state index in [4.69, 9.17) is 20.8 Å². The van der Waals surface area contributed by atoms with Crippen LogP contribution in [0, 0.1) is 5.82 Å². The van der Waals surface area contributed by atoms with E-state index in [1.54, 1.807) is 0 Å². The number of anilines is 1. The molecule has 2 aromatic rings. The van der Waals surface area contributed by atoms with E-state index in [1.807, 2.05) is 18.2 Å². The predicted octanol–water partition coefficient (Wildman–Crippen LogP) is 6.13. The van der Waals surface area contributed by atoms with E-state index in [2.05, 4.69) is 59.8 Å². The summed E-state index contributed by atoms with van der Waals surface area (Å²) in [7, 11) is -0.00813. The number of benzene rings is 1. The second-order valence-electron chi connectivity index (χ2n) is 8.68. The number of nitrogens with zero attached hydrogens (tertiary/aromatic N) is 3. The molecule has 160 valence electrons. The fraction of sp³-hybridized carbons (Fsp3) is 0.579. The highest BCUT2D eigenvalue weighted by molar-refractivity contribution is 9.10. The molecule has 0 saturated heterocycles. The van der Waals surface area contributed by atoms with Crippen molar-refractivity contribution < 1.29 is 13.6 Å². The predicted molar refractivity (Wildman–Crippen MR) is 125 cm³/mol. The second-order valence-corrected chi connectivity index (χ2v) is 15.4. The van der Waals surface area contributed by atoms with Gasteiger partial charge in [-0.25, -0.2) is 14.4 Å². The molecular formula is C19H26BrClFN3O2SSi. The maximum Gasteiger partial charge on any atom is 0.192 e. The number of likely N-dealkylation sites (N-methyl/N-ethyl adjacent to an activating group) is 1. The lowest BCUT2D eigenvalue weighted by atomic mass is 10.2. The Morgan fingerprint density at radius 2 is 2.03 bits per heavy atom. The third kappa shape index (κ3) is 4.13. The van der Waals surface area contributed by atoms with Crippen LogP contribution in [0.2, 0.25) is 23.2 Å². The Bertz CT molecular complexity index is 958. The van der Waals surface area contributed by atoms with Gasteiger partial charge >= 0.3 is 0 Å². The monoisotopic (exact) mass is 521 g/mol. The molecular weight excluding hydrogens is 497 g/mol. The molecule has 1 aromatic carbocycles. The lowest BCUT2D eigenvalue weighted by Gasteiger charge is -2.38. The molecule has 0 bridgehead atoms. The number of halogens is 3. The number of rotatable bonds is 4. The zero-order valence-corrected chi connectivity index (χ0v) is 21.9. The summed E-state index contributed by atoms with van der Waals surface area (Å²) in [4.78, 5) is 11.0. The van der Waals surface area contributed by atoms with Gasteiger partial charge in [-0.1, -0.05) is 44.1 Å². The van der Waals surface area contributed by atoms with Crippen molar-refractivity contribution >= 4 is 64.3 Å². The topological polar surface area (TPSA) is 47.5 Å². The zero-order chi connectivity index (χ0) is 21.7. The average molecular weight is 523 g/mol. The van der Waals surface area contributed by atoms with E-state index in [1.165, 1.54) is 11.8 Å². The molecule has 1 aliphatic rings. The van der Waals surface area contributed by atoms with Crippen LogP contribution >= 0.6 is 39.3 Å². The first kappa shape index (κ1) is 23.1. The molecule has 0 radical (unpaired) electrons. The second kappa shape index (κ2) is 8.14. The SMILES string of the molecule is CSc1nc2c3c(c(Cl)c(Br)c(F)c3n1)OCC(CO[Si](C)(C)C(C)(C)C)N2C. The summed E-state index contributed by atoms with van der Waals surface area (Å²) in [5, 5.41) is 1.28. The van der Waals surface area contributed by atoms with Gasteiger partial charge in [-0.2, -0.15) is 0 Å². The van der Waals surface area contributed by atoms with Crippen LogP contribution in [0.15, 0.2) is 9.63 Å². The molecule has 1 unspecified atom stereocenters. The standard InChI is InChI=1S/C19H26BrClFN3O2SSi/c1-19(2,3)29(6,7)27-9-10-8-26-16-11-15(14(22)12(20)13(16)21)23-18(28-5)24-17(11)25(10)4/h10H,8-9H2,1-7H3. The Kier molecular flexibility index (Phi) is 6.48. The van der Waals surface area contributed by atoms with E-state index in [9.17, 15) is 4.39 Å². The van der Waals surface area contributed by atoms with Gasteiger partial charge < -0.3 is 14.1 Å². The first-order valence-corrected chi connectivity index (χ1v) is 14.6. The van der Waals surface area contributed by atoms with Crippen LogP contribution < -0.4 is 9.64 Å². The number of aromatic nitrogens is 2. The first-order chi connectivity index (χ1) is 13.4. The van der Waals surface area contributed by atoms with Crippen LogP contribution in [0.3, 0.4) is 0 Å². The molecule has 2 heterocycles. The molecule has 0 fully saturated rings. The lowest BCUT2D eigenvalue weighted by Crippen LogP contribution is -2.47. The highest BCUT2D eigenvalue weighted by atomic mass is 79.9. The van der Waals surface area contributed by atoms with Gasteiger partial charge in [-0.3, -0.25) is 0 Å². The fourth-order valence-corrected chi connectivity index (χ4v) is 4.84. The fourth-order valence-electron chi connectivity index (χ4n) is 2.83. The molecule has 3 rings (SSSR count). The van der Waals surface area contributed by atoms with Crippen LogP contribution in [-0.4, -0.2) is 50.8 Å². The molecule has 5 nitrogen and oxygen atoms in total. The molecule has 0 amide bonds. The Morgan fingerprint density at radius 3 is 2.62 bits per heavy atom. The van der Waals surface area contributed by atoms with Gasteiger partial charge in [0, 0.05) is 7.05 Å². The van der Waals surface area contributed by atoms with Crippen molar-refractivity contribution in [3.8, 4) is 5.75 Å². The van der Waals surface area contributed by atoms with Crippen molar-refractivity contribution in [2.24, 2.45) is 0 Å². The number of hydrogen-bond acceptors (Lipinski definition) is 6. The molecule has 0 saturated carbocycles. The minimum Gasteiger partial charge on any atom is -0.489 e. The van der Waals surface area contributed by atoms with Crippen molar-refractivity contribution in [1.29, 1.82) is 0 Å². The quantitative estimate of drug-likeness (QED) is 0.208. The summed E-state index contributed by atoms with van der Waals surface area (Å²) in [5.41, 5.74) is 0.198. The van der Waals surface area contributed by atoms with Crippen LogP contribution in [0.25, 0.3) is 10.9 Å². The zero-order valence-electron chi connectivity index (χ0n) is 17.7. The molecule has 0 N–H and O–H groups in total. The summed E-state index contributed by atoms with van der Waals surface area (Å²) in [6.07, 6.45) is 1.86. The van der Waals surface area contributed by atoms with Gasteiger partial charge in [0.1, 0.15) is 23.0 Å². The van der Waals surface area contributed by atoms with E-state index in [0.29, 0.717) is 35.3 Å². The highest BCUT2D eigenvalue weighted by Crippen LogP contribution is 2.46. The summed E-state index contributed by atoms with van der Waals surface area (Å²) in [6.45, 7) is 11.9. The van der Waals surface area contributed by atoms with E-state index >= 15 is 0 Å². The van der Waals surface area contributed by atoms with Crippen molar-refractivity contribution in [3.63, 3.8) is 0 Å². The molecule has 10 heteroatoms. The van der Waals surface area contributed by atoms with Gasteiger partial charge in [0.05, 0.1) is 22.5 Å².